The van der Waals surface area contributed by atoms with E-state index in [0.29, 0.717) is 0 Å². The predicted molar refractivity (Wildman–Crippen MR) is 45.4 cm³/mol. The van der Waals surface area contributed by atoms with E-state index in [1.807, 2.05) is 0 Å². The molecule has 0 bridgehead atoms. The van der Waals surface area contributed by atoms with E-state index >= 15 is 0 Å². The van der Waals surface area contributed by atoms with Gasteiger partial charge in [-0.3, -0.25) is 0 Å². The fraction of sp³-hybridized carbons (Fsp3) is 1.00. The third-order valence-electron chi connectivity index (χ3n) is 3.15. The van der Waals surface area contributed by atoms with Gasteiger partial charge in [0.25, 0.3) is 0 Å². The predicted octanol–water partition coefficient (Wildman–Crippen LogP) is 2.43. The van der Waals surface area contributed by atoms with Gasteiger partial charge in [-0.1, -0.05) is 13.8 Å². The summed E-state index contributed by atoms with van der Waals surface area (Å²) in [6.45, 7) is 4.58. The van der Waals surface area contributed by atoms with E-state index in [4.69, 9.17) is 0 Å². The molecule has 3 unspecified atom stereocenters. The van der Waals surface area contributed by atoms with E-state index in [1.165, 1.54) is 6.92 Å². The van der Waals surface area contributed by atoms with Crippen molar-refractivity contribution in [2.24, 2.45) is 17.8 Å². The molecule has 3 atom stereocenters. The summed E-state index contributed by atoms with van der Waals surface area (Å²) in [5.41, 5.74) is 0. The molecule has 0 aromatic rings. The second kappa shape index (κ2) is 3.86. The molecular weight excluding hydrogens is 179 g/mol. The van der Waals surface area contributed by atoms with E-state index in [1.54, 1.807) is 6.92 Å². The fourth-order valence-electron chi connectivity index (χ4n) is 1.83. The van der Waals surface area contributed by atoms with Crippen molar-refractivity contribution in [3.05, 3.63) is 0 Å². The van der Waals surface area contributed by atoms with Crippen molar-refractivity contribution in [1.82, 2.24) is 5.32 Å². The lowest BCUT2D eigenvalue weighted by Crippen LogP contribution is -2.31. The van der Waals surface area contributed by atoms with Crippen molar-refractivity contribution in [3.8, 4) is 0 Å². The molecule has 4 heteroatoms. The van der Waals surface area contributed by atoms with Crippen molar-refractivity contribution in [2.45, 2.75) is 26.4 Å². The van der Waals surface area contributed by atoms with Crippen LogP contribution in [0.3, 0.4) is 0 Å². The Labute approximate surface area is 76.7 Å². The third-order valence-corrected chi connectivity index (χ3v) is 3.15. The molecule has 1 heterocycles. The van der Waals surface area contributed by atoms with Crippen molar-refractivity contribution < 1.29 is 13.2 Å². The van der Waals surface area contributed by atoms with Crippen LogP contribution in [-0.4, -0.2) is 19.3 Å². The van der Waals surface area contributed by atoms with Gasteiger partial charge in [0.1, 0.15) is 0 Å². The Kier molecular flexibility index (Phi) is 3.22. The zero-order valence-corrected chi connectivity index (χ0v) is 7.99. The Bertz CT molecular complexity index is 161. The summed E-state index contributed by atoms with van der Waals surface area (Å²) < 4.78 is 37.0. The molecule has 0 amide bonds. The first-order chi connectivity index (χ1) is 5.93. The highest BCUT2D eigenvalue weighted by molar-refractivity contribution is 4.81. The van der Waals surface area contributed by atoms with Crippen LogP contribution in [0.2, 0.25) is 0 Å². The van der Waals surface area contributed by atoms with Gasteiger partial charge in [-0.05, 0) is 31.3 Å². The molecule has 1 saturated heterocycles. The Morgan fingerprint density at radius 1 is 1.31 bits per heavy atom. The van der Waals surface area contributed by atoms with Gasteiger partial charge in [-0.2, -0.15) is 13.2 Å². The first-order valence-corrected chi connectivity index (χ1v) is 4.70. The van der Waals surface area contributed by atoms with Gasteiger partial charge >= 0.3 is 6.18 Å². The van der Waals surface area contributed by atoms with Gasteiger partial charge < -0.3 is 5.32 Å². The van der Waals surface area contributed by atoms with Gasteiger partial charge in [0.05, 0.1) is 5.92 Å². The molecule has 1 N–H and O–H groups in total. The Hall–Kier alpha value is -0.250. The van der Waals surface area contributed by atoms with Gasteiger partial charge in [0.2, 0.25) is 0 Å². The second-order valence-electron chi connectivity index (χ2n) is 3.94. The lowest BCUT2D eigenvalue weighted by atomic mass is 9.83. The fourth-order valence-corrected chi connectivity index (χ4v) is 1.83. The summed E-state index contributed by atoms with van der Waals surface area (Å²) >= 11 is 0. The summed E-state index contributed by atoms with van der Waals surface area (Å²) in [6, 6.07) is 0. The standard InChI is InChI=1S/C9H16F3N/c1-6(7(2)9(10,11)12)8-3-4-13-5-8/h6-8,13H,3-5H2,1-2H3. The van der Waals surface area contributed by atoms with Crippen LogP contribution in [0.5, 0.6) is 0 Å². The second-order valence-corrected chi connectivity index (χ2v) is 3.94. The number of nitrogens with one attached hydrogen (secondary N) is 1. The van der Waals surface area contributed by atoms with Crippen LogP contribution in [0.4, 0.5) is 13.2 Å². The molecule has 1 nitrogen and oxygen atoms in total. The van der Waals surface area contributed by atoms with Gasteiger partial charge in [0.15, 0.2) is 0 Å². The van der Waals surface area contributed by atoms with E-state index < -0.39 is 12.1 Å². The highest BCUT2D eigenvalue weighted by atomic mass is 19.4. The number of hydrogen-bond donors (Lipinski definition) is 1. The van der Waals surface area contributed by atoms with E-state index in [-0.39, 0.29) is 11.8 Å². The Morgan fingerprint density at radius 2 is 1.92 bits per heavy atom. The van der Waals surface area contributed by atoms with Gasteiger partial charge in [-0.25, -0.2) is 0 Å². The first kappa shape index (κ1) is 10.8. The highest BCUT2D eigenvalue weighted by Gasteiger charge is 2.42. The van der Waals surface area contributed by atoms with Crippen molar-refractivity contribution >= 4 is 0 Å². The lowest BCUT2D eigenvalue weighted by molar-refractivity contribution is -0.185. The molecule has 1 fully saturated rings. The molecule has 1 rings (SSSR count). The Morgan fingerprint density at radius 3 is 2.31 bits per heavy atom. The molecule has 0 saturated carbocycles. The monoisotopic (exact) mass is 195 g/mol. The lowest BCUT2D eigenvalue weighted by Gasteiger charge is -2.26. The minimum absolute atomic E-state index is 0.191. The van der Waals surface area contributed by atoms with Crippen molar-refractivity contribution in [2.75, 3.05) is 13.1 Å². The van der Waals surface area contributed by atoms with Crippen molar-refractivity contribution in [3.63, 3.8) is 0 Å². The van der Waals surface area contributed by atoms with Crippen LogP contribution >= 0.6 is 0 Å². The largest absolute Gasteiger partial charge is 0.391 e. The average Bonchev–Trinajstić information content (AvgIpc) is 2.51. The number of alkyl halides is 3. The summed E-state index contributed by atoms with van der Waals surface area (Å²) in [5, 5.41) is 3.09. The molecule has 0 aromatic carbocycles. The number of rotatable bonds is 2. The molecule has 0 aliphatic carbocycles. The van der Waals surface area contributed by atoms with Crippen LogP contribution < -0.4 is 5.32 Å². The topological polar surface area (TPSA) is 12.0 Å². The summed E-state index contributed by atoms with van der Waals surface area (Å²) in [4.78, 5) is 0. The summed E-state index contributed by atoms with van der Waals surface area (Å²) in [5.74, 6) is -1.26. The molecule has 1 aliphatic rings. The molecule has 0 radical (unpaired) electrons. The maximum absolute atomic E-state index is 12.3. The number of hydrogen-bond acceptors (Lipinski definition) is 1. The van der Waals surface area contributed by atoms with Crippen LogP contribution in [0.1, 0.15) is 20.3 Å². The molecule has 0 spiro atoms. The SMILES string of the molecule is CC(C1CCNC1)C(C)C(F)(F)F. The van der Waals surface area contributed by atoms with Gasteiger partial charge in [0, 0.05) is 0 Å². The maximum Gasteiger partial charge on any atom is 0.391 e. The van der Waals surface area contributed by atoms with Crippen LogP contribution in [0.25, 0.3) is 0 Å². The molecule has 0 aromatic heterocycles. The highest BCUT2D eigenvalue weighted by Crippen LogP contribution is 2.36. The minimum atomic E-state index is -4.04. The average molecular weight is 195 g/mol. The smallest absolute Gasteiger partial charge is 0.316 e. The zero-order chi connectivity index (χ0) is 10.1. The number of halogens is 3. The summed E-state index contributed by atoms with van der Waals surface area (Å²) in [6.07, 6.45) is -3.16. The van der Waals surface area contributed by atoms with Crippen LogP contribution in [-0.2, 0) is 0 Å². The first-order valence-electron chi connectivity index (χ1n) is 4.70. The molecule has 1 aliphatic heterocycles. The molecule has 78 valence electrons. The molecule has 13 heavy (non-hydrogen) atoms. The molecular formula is C9H16F3N. The quantitative estimate of drug-likeness (QED) is 0.713. The van der Waals surface area contributed by atoms with E-state index in [2.05, 4.69) is 5.32 Å². The minimum Gasteiger partial charge on any atom is -0.316 e. The summed E-state index contributed by atoms with van der Waals surface area (Å²) in [7, 11) is 0. The van der Waals surface area contributed by atoms with Crippen LogP contribution in [0.15, 0.2) is 0 Å². The third kappa shape index (κ3) is 2.59. The maximum atomic E-state index is 12.3. The van der Waals surface area contributed by atoms with Crippen LogP contribution in [0, 0.1) is 17.8 Å². The van der Waals surface area contributed by atoms with Gasteiger partial charge in [-0.15, -0.1) is 0 Å². The normalized spacial score (nSPS) is 28.8. The Balaban J connectivity index is 2.50. The van der Waals surface area contributed by atoms with E-state index in [0.717, 1.165) is 19.5 Å². The van der Waals surface area contributed by atoms with Crippen molar-refractivity contribution in [1.29, 1.82) is 0 Å². The van der Waals surface area contributed by atoms with E-state index in [9.17, 15) is 13.2 Å². The zero-order valence-electron chi connectivity index (χ0n) is 7.99.